The van der Waals surface area contributed by atoms with Crippen molar-refractivity contribution in [1.29, 1.82) is 0 Å². The summed E-state index contributed by atoms with van der Waals surface area (Å²) in [5.41, 5.74) is 2.27. The molecule has 0 radical (unpaired) electrons. The van der Waals surface area contributed by atoms with Gasteiger partial charge in [-0.2, -0.15) is 0 Å². The van der Waals surface area contributed by atoms with Crippen LogP contribution in [0.5, 0.6) is 5.75 Å². The minimum atomic E-state index is -0.668. The molecule has 1 aromatic heterocycles. The van der Waals surface area contributed by atoms with Crippen LogP contribution in [0.1, 0.15) is 51.8 Å². The second-order valence-corrected chi connectivity index (χ2v) is 10.8. The summed E-state index contributed by atoms with van der Waals surface area (Å²) in [5.74, 6) is 0.734. The number of ether oxygens (including phenoxy) is 2. The summed E-state index contributed by atoms with van der Waals surface area (Å²) in [6.07, 6.45) is 1.53. The number of rotatable bonds is 7. The molecule has 0 amide bonds. The van der Waals surface area contributed by atoms with Crippen LogP contribution in [-0.2, 0) is 9.53 Å². The Morgan fingerprint density at radius 3 is 2.39 bits per heavy atom. The number of fused-ring (bicyclic) bond motifs is 1. The molecule has 1 atom stereocenters. The Kier molecular flexibility index (Phi) is 7.81. The van der Waals surface area contributed by atoms with Gasteiger partial charge in [0.05, 0.1) is 34.6 Å². The van der Waals surface area contributed by atoms with E-state index in [9.17, 15) is 9.59 Å². The van der Waals surface area contributed by atoms with Crippen molar-refractivity contribution in [3.05, 3.63) is 95.6 Å². The van der Waals surface area contributed by atoms with Gasteiger partial charge in [-0.15, -0.1) is 0 Å². The molecular formula is C28H29ClN2O4S. The van der Waals surface area contributed by atoms with Gasteiger partial charge in [-0.1, -0.05) is 61.1 Å². The normalized spacial score (nSPS) is 15.8. The maximum absolute atomic E-state index is 13.7. The molecule has 0 spiro atoms. The predicted octanol–water partition coefficient (Wildman–Crippen LogP) is 4.88. The minimum Gasteiger partial charge on any atom is -0.493 e. The predicted molar refractivity (Wildman–Crippen MR) is 143 cm³/mol. The zero-order valence-corrected chi connectivity index (χ0v) is 22.5. The van der Waals surface area contributed by atoms with Crippen LogP contribution in [0.4, 0.5) is 0 Å². The number of thiazole rings is 1. The number of aromatic nitrogens is 1. The SMILES string of the molecule is CC1=C(C(=O)OC(C)C)[C@@H](c2ccc(Cl)cc2)n2c(s/c(=C/c3ccc(OCC(C)C)cc3)c2=O)=N1. The van der Waals surface area contributed by atoms with E-state index in [2.05, 4.69) is 18.8 Å². The third kappa shape index (κ3) is 5.63. The van der Waals surface area contributed by atoms with Gasteiger partial charge in [0.15, 0.2) is 4.80 Å². The zero-order valence-electron chi connectivity index (χ0n) is 20.9. The Labute approximate surface area is 219 Å². The molecule has 0 N–H and O–H groups in total. The first-order valence-corrected chi connectivity index (χ1v) is 13.1. The van der Waals surface area contributed by atoms with E-state index in [0.29, 0.717) is 38.2 Å². The molecule has 0 unspecified atom stereocenters. The summed E-state index contributed by atoms with van der Waals surface area (Å²) in [6.45, 7) is 10.2. The highest BCUT2D eigenvalue weighted by atomic mass is 35.5. The van der Waals surface area contributed by atoms with E-state index >= 15 is 0 Å². The summed E-state index contributed by atoms with van der Waals surface area (Å²) in [6, 6.07) is 14.1. The van der Waals surface area contributed by atoms with Gasteiger partial charge in [-0.05, 0) is 68.2 Å². The molecule has 2 heterocycles. The number of esters is 1. The van der Waals surface area contributed by atoms with Crippen molar-refractivity contribution < 1.29 is 14.3 Å². The van der Waals surface area contributed by atoms with Crippen molar-refractivity contribution in [2.75, 3.05) is 6.61 Å². The molecule has 0 aliphatic carbocycles. The van der Waals surface area contributed by atoms with Crippen LogP contribution in [0.15, 0.2) is 69.6 Å². The lowest BCUT2D eigenvalue weighted by atomic mass is 9.96. The molecular weight excluding hydrogens is 496 g/mol. The summed E-state index contributed by atoms with van der Waals surface area (Å²) < 4.78 is 13.4. The number of allylic oxidation sites excluding steroid dienone is 1. The average molecular weight is 525 g/mol. The maximum atomic E-state index is 13.7. The Morgan fingerprint density at radius 2 is 1.78 bits per heavy atom. The molecule has 1 aliphatic rings. The lowest BCUT2D eigenvalue weighted by molar-refractivity contribution is -0.143. The highest BCUT2D eigenvalue weighted by Crippen LogP contribution is 2.31. The van der Waals surface area contributed by atoms with Crippen molar-refractivity contribution >= 4 is 35.0 Å². The quantitative estimate of drug-likeness (QED) is 0.413. The van der Waals surface area contributed by atoms with Crippen LogP contribution >= 0.6 is 22.9 Å². The van der Waals surface area contributed by atoms with Gasteiger partial charge in [-0.3, -0.25) is 9.36 Å². The fourth-order valence-electron chi connectivity index (χ4n) is 3.90. The molecule has 2 aromatic carbocycles. The number of benzene rings is 2. The smallest absolute Gasteiger partial charge is 0.338 e. The Hall–Kier alpha value is -3.16. The molecule has 3 aromatic rings. The van der Waals surface area contributed by atoms with Crippen molar-refractivity contribution in [2.45, 2.75) is 46.8 Å². The van der Waals surface area contributed by atoms with E-state index in [1.54, 1.807) is 37.5 Å². The highest BCUT2D eigenvalue weighted by molar-refractivity contribution is 7.07. The average Bonchev–Trinajstić information content (AvgIpc) is 3.12. The largest absolute Gasteiger partial charge is 0.493 e. The molecule has 8 heteroatoms. The zero-order chi connectivity index (χ0) is 26.0. The molecule has 0 fully saturated rings. The topological polar surface area (TPSA) is 69.9 Å². The monoisotopic (exact) mass is 524 g/mol. The van der Waals surface area contributed by atoms with Gasteiger partial charge < -0.3 is 9.47 Å². The van der Waals surface area contributed by atoms with Gasteiger partial charge in [0.25, 0.3) is 5.56 Å². The lowest BCUT2D eigenvalue weighted by Gasteiger charge is -2.25. The van der Waals surface area contributed by atoms with Crippen molar-refractivity contribution in [3.63, 3.8) is 0 Å². The van der Waals surface area contributed by atoms with Gasteiger partial charge in [-0.25, -0.2) is 9.79 Å². The number of hydrogen-bond donors (Lipinski definition) is 0. The van der Waals surface area contributed by atoms with E-state index in [1.165, 1.54) is 11.3 Å². The molecule has 188 valence electrons. The molecule has 6 nitrogen and oxygen atoms in total. The van der Waals surface area contributed by atoms with Crippen molar-refractivity contribution in [2.24, 2.45) is 10.9 Å². The third-order valence-electron chi connectivity index (χ3n) is 5.53. The Balaban J connectivity index is 1.80. The second kappa shape index (κ2) is 10.8. The summed E-state index contributed by atoms with van der Waals surface area (Å²) >= 11 is 7.41. The Morgan fingerprint density at radius 1 is 1.11 bits per heavy atom. The van der Waals surface area contributed by atoms with Crippen molar-refractivity contribution in [3.8, 4) is 5.75 Å². The lowest BCUT2D eigenvalue weighted by Crippen LogP contribution is -2.40. The maximum Gasteiger partial charge on any atom is 0.338 e. The van der Waals surface area contributed by atoms with Crippen LogP contribution in [0.3, 0.4) is 0 Å². The summed E-state index contributed by atoms with van der Waals surface area (Å²) in [4.78, 5) is 31.9. The van der Waals surface area contributed by atoms with Gasteiger partial charge in [0.1, 0.15) is 5.75 Å². The number of carbonyl (C=O) groups is 1. The van der Waals surface area contributed by atoms with Crippen molar-refractivity contribution in [1.82, 2.24) is 4.57 Å². The summed E-state index contributed by atoms with van der Waals surface area (Å²) in [7, 11) is 0. The number of halogens is 1. The Bertz CT molecular complexity index is 1470. The second-order valence-electron chi connectivity index (χ2n) is 9.36. The van der Waals surface area contributed by atoms with Gasteiger partial charge in [0, 0.05) is 5.02 Å². The van der Waals surface area contributed by atoms with E-state index in [1.807, 2.05) is 42.5 Å². The van der Waals surface area contributed by atoms with Crippen LogP contribution in [-0.4, -0.2) is 23.2 Å². The first-order chi connectivity index (χ1) is 17.1. The fourth-order valence-corrected chi connectivity index (χ4v) is 5.07. The molecule has 0 saturated carbocycles. The number of nitrogens with zero attached hydrogens (tertiary/aromatic N) is 2. The van der Waals surface area contributed by atoms with Crippen LogP contribution < -0.4 is 19.6 Å². The van der Waals surface area contributed by atoms with E-state index in [-0.39, 0.29) is 11.7 Å². The first kappa shape index (κ1) is 25.9. The van der Waals surface area contributed by atoms with Gasteiger partial charge in [0.2, 0.25) is 0 Å². The molecule has 1 aliphatic heterocycles. The fraction of sp³-hybridized carbons (Fsp3) is 0.321. The molecule has 36 heavy (non-hydrogen) atoms. The summed E-state index contributed by atoms with van der Waals surface area (Å²) in [5, 5.41) is 0.569. The van der Waals surface area contributed by atoms with Crippen LogP contribution in [0.25, 0.3) is 6.08 Å². The first-order valence-electron chi connectivity index (χ1n) is 11.9. The standard InChI is InChI=1S/C28H29ClN2O4S/c1-16(2)15-34-22-12-6-19(7-13-22)14-23-26(32)31-25(20-8-10-21(29)11-9-20)24(27(33)35-17(3)4)18(5)30-28(31)36-23/h6-14,16-17,25H,15H2,1-5H3/b23-14+/t25-/m1/s1. The van der Waals surface area contributed by atoms with Crippen LogP contribution in [0.2, 0.25) is 5.02 Å². The number of hydrogen-bond acceptors (Lipinski definition) is 6. The highest BCUT2D eigenvalue weighted by Gasteiger charge is 2.33. The van der Waals surface area contributed by atoms with E-state index in [4.69, 9.17) is 21.1 Å². The van der Waals surface area contributed by atoms with E-state index in [0.717, 1.165) is 16.9 Å². The van der Waals surface area contributed by atoms with E-state index < -0.39 is 12.0 Å². The molecule has 0 bridgehead atoms. The molecule has 4 rings (SSSR count). The minimum absolute atomic E-state index is 0.221. The van der Waals surface area contributed by atoms with Gasteiger partial charge >= 0.3 is 5.97 Å². The third-order valence-corrected chi connectivity index (χ3v) is 6.77. The molecule has 0 saturated heterocycles. The number of carbonyl (C=O) groups excluding carboxylic acids is 1. The van der Waals surface area contributed by atoms with Crippen LogP contribution in [0, 0.1) is 5.92 Å².